The normalized spacial score (nSPS) is 24.7. The maximum atomic E-state index is 10.1. The minimum absolute atomic E-state index is 0.365. The molecule has 0 bridgehead atoms. The number of rotatable bonds is 12. The highest BCUT2D eigenvalue weighted by molar-refractivity contribution is 5.98. The van der Waals surface area contributed by atoms with Crippen LogP contribution in [-0.4, -0.2) is 71.0 Å². The van der Waals surface area contributed by atoms with E-state index in [2.05, 4.69) is 48.5 Å². The monoisotopic (exact) mass is 484 g/mol. The molecule has 1 unspecified atom stereocenters. The minimum Gasteiger partial charge on any atom is -0.494 e. The van der Waals surface area contributed by atoms with Crippen molar-refractivity contribution in [2.45, 2.75) is 69.2 Å². The first-order chi connectivity index (χ1) is 17.1. The van der Waals surface area contributed by atoms with Crippen LogP contribution in [0.25, 0.3) is 21.5 Å². The molecule has 1 aliphatic heterocycles. The second kappa shape index (κ2) is 12.6. The van der Waals surface area contributed by atoms with Gasteiger partial charge in [-0.25, -0.2) is 0 Å². The van der Waals surface area contributed by atoms with Crippen LogP contribution in [-0.2, 0) is 9.47 Å². The summed E-state index contributed by atoms with van der Waals surface area (Å²) in [6.45, 7) is 0.604. The molecule has 1 saturated heterocycles. The van der Waals surface area contributed by atoms with Crippen molar-refractivity contribution in [3.8, 4) is 5.75 Å². The van der Waals surface area contributed by atoms with Gasteiger partial charge < -0.3 is 34.6 Å². The SMILES string of the molecule is OC[C@H]1OC(O)[C@H](O)[C@@H](OCCCCCCCCOc2ccc3cc4ccccc4cc3c2)[C@@H]1O. The maximum Gasteiger partial charge on any atom is 0.184 e. The second-order valence-corrected chi connectivity index (χ2v) is 9.24. The van der Waals surface area contributed by atoms with E-state index in [4.69, 9.17) is 14.2 Å². The van der Waals surface area contributed by atoms with Gasteiger partial charge in [-0.1, -0.05) is 56.0 Å². The van der Waals surface area contributed by atoms with Crippen LogP contribution in [0.1, 0.15) is 38.5 Å². The lowest BCUT2D eigenvalue weighted by atomic mass is 9.99. The van der Waals surface area contributed by atoms with Crippen LogP contribution in [0.4, 0.5) is 0 Å². The Hall–Kier alpha value is -2.26. The molecule has 35 heavy (non-hydrogen) atoms. The fourth-order valence-corrected chi connectivity index (χ4v) is 4.59. The van der Waals surface area contributed by atoms with E-state index in [1.54, 1.807) is 0 Å². The van der Waals surface area contributed by atoms with Crippen molar-refractivity contribution < 1.29 is 34.6 Å². The molecule has 4 N–H and O–H groups in total. The van der Waals surface area contributed by atoms with Gasteiger partial charge in [0.2, 0.25) is 0 Å². The second-order valence-electron chi connectivity index (χ2n) is 9.24. The summed E-state index contributed by atoms with van der Waals surface area (Å²) in [6, 6.07) is 19.0. The quantitative estimate of drug-likeness (QED) is 0.230. The van der Waals surface area contributed by atoms with E-state index < -0.39 is 37.3 Å². The molecule has 190 valence electrons. The Morgan fingerprint density at radius 2 is 1.31 bits per heavy atom. The van der Waals surface area contributed by atoms with Crippen LogP contribution in [0.15, 0.2) is 54.6 Å². The summed E-state index contributed by atoms with van der Waals surface area (Å²) in [5.41, 5.74) is 0. The number of unbranched alkanes of at least 4 members (excludes halogenated alkanes) is 5. The Kier molecular flexibility index (Phi) is 9.31. The average molecular weight is 485 g/mol. The Labute approximate surface area is 205 Å². The van der Waals surface area contributed by atoms with Gasteiger partial charge in [-0.15, -0.1) is 0 Å². The lowest BCUT2D eigenvalue weighted by molar-refractivity contribution is -0.294. The average Bonchev–Trinajstić information content (AvgIpc) is 2.87. The fraction of sp³-hybridized carbons (Fsp3) is 0.500. The van der Waals surface area contributed by atoms with Gasteiger partial charge in [-0.3, -0.25) is 0 Å². The van der Waals surface area contributed by atoms with Gasteiger partial charge in [0.15, 0.2) is 6.29 Å². The van der Waals surface area contributed by atoms with Crippen LogP contribution >= 0.6 is 0 Å². The highest BCUT2D eigenvalue weighted by Crippen LogP contribution is 2.26. The summed E-state index contributed by atoms with van der Waals surface area (Å²) in [7, 11) is 0. The minimum atomic E-state index is -1.47. The van der Waals surface area contributed by atoms with Crippen molar-refractivity contribution in [3.63, 3.8) is 0 Å². The Morgan fingerprint density at radius 3 is 2.03 bits per heavy atom. The molecule has 1 fully saturated rings. The summed E-state index contributed by atoms with van der Waals surface area (Å²) < 4.78 is 16.5. The molecule has 4 rings (SSSR count). The molecule has 3 aromatic carbocycles. The number of fused-ring (bicyclic) bond motifs is 2. The topological polar surface area (TPSA) is 109 Å². The van der Waals surface area contributed by atoms with Crippen molar-refractivity contribution in [1.29, 1.82) is 0 Å². The molecule has 1 aliphatic rings. The van der Waals surface area contributed by atoms with Crippen molar-refractivity contribution in [1.82, 2.24) is 0 Å². The molecule has 7 nitrogen and oxygen atoms in total. The zero-order valence-electron chi connectivity index (χ0n) is 20.0. The predicted molar refractivity (Wildman–Crippen MR) is 134 cm³/mol. The first-order valence-electron chi connectivity index (χ1n) is 12.5. The molecule has 0 aliphatic carbocycles. The highest BCUT2D eigenvalue weighted by Gasteiger charge is 2.44. The van der Waals surface area contributed by atoms with E-state index in [1.165, 1.54) is 21.5 Å². The molecule has 0 amide bonds. The van der Waals surface area contributed by atoms with Crippen molar-refractivity contribution in [2.75, 3.05) is 19.8 Å². The van der Waals surface area contributed by atoms with Gasteiger partial charge >= 0.3 is 0 Å². The molecule has 1 heterocycles. The summed E-state index contributed by atoms with van der Waals surface area (Å²) in [5, 5.41) is 43.9. The lowest BCUT2D eigenvalue weighted by Gasteiger charge is -2.39. The number of aliphatic hydroxyl groups is 4. The third-order valence-corrected chi connectivity index (χ3v) is 6.63. The predicted octanol–water partition coefficient (Wildman–Crippen LogP) is 3.53. The molecular formula is C28H36O7. The Balaban J connectivity index is 1.09. The molecular weight excluding hydrogens is 448 g/mol. The molecule has 3 aromatic rings. The van der Waals surface area contributed by atoms with Crippen LogP contribution in [0.3, 0.4) is 0 Å². The van der Waals surface area contributed by atoms with E-state index in [0.29, 0.717) is 13.2 Å². The third-order valence-electron chi connectivity index (χ3n) is 6.63. The van der Waals surface area contributed by atoms with E-state index >= 15 is 0 Å². The molecule has 0 aromatic heterocycles. The lowest BCUT2D eigenvalue weighted by Crippen LogP contribution is -2.59. The van der Waals surface area contributed by atoms with Gasteiger partial charge in [0.1, 0.15) is 30.2 Å². The summed E-state index contributed by atoms with van der Waals surface area (Å²) in [6.07, 6.45) is 0.0754. The van der Waals surface area contributed by atoms with Gasteiger partial charge in [-0.2, -0.15) is 0 Å². The van der Waals surface area contributed by atoms with Crippen LogP contribution in [0.2, 0.25) is 0 Å². The molecule has 0 radical (unpaired) electrons. The molecule has 5 atom stereocenters. The highest BCUT2D eigenvalue weighted by atomic mass is 16.6. The third kappa shape index (κ3) is 6.70. The van der Waals surface area contributed by atoms with E-state index in [1.807, 2.05) is 6.07 Å². The zero-order chi connectivity index (χ0) is 24.6. The summed E-state index contributed by atoms with van der Waals surface area (Å²) in [5.74, 6) is 0.899. The number of hydrogen-bond donors (Lipinski definition) is 4. The van der Waals surface area contributed by atoms with Crippen LogP contribution < -0.4 is 4.74 Å². The van der Waals surface area contributed by atoms with Gasteiger partial charge in [0, 0.05) is 6.61 Å². The molecule has 7 heteroatoms. The Morgan fingerprint density at radius 1 is 0.686 bits per heavy atom. The standard InChI is InChI=1S/C28H36O7/c29-18-24-25(30)27(26(31)28(32)35-24)34-14-8-4-2-1-3-7-13-33-23-12-11-21-15-19-9-5-6-10-20(19)16-22(21)17-23/h5-6,9-12,15-17,24-32H,1-4,7-8,13-14,18H2/t24-,25-,26-,27+,28?/m1/s1. The van der Waals surface area contributed by atoms with E-state index in [0.717, 1.165) is 44.3 Å². The number of ether oxygens (including phenoxy) is 3. The van der Waals surface area contributed by atoms with Gasteiger partial charge in [-0.05, 0) is 58.7 Å². The smallest absolute Gasteiger partial charge is 0.184 e. The summed E-state index contributed by atoms with van der Waals surface area (Å²) in [4.78, 5) is 0. The van der Waals surface area contributed by atoms with E-state index in [9.17, 15) is 20.4 Å². The van der Waals surface area contributed by atoms with Gasteiger partial charge in [0.25, 0.3) is 0 Å². The van der Waals surface area contributed by atoms with Gasteiger partial charge in [0.05, 0.1) is 13.2 Å². The van der Waals surface area contributed by atoms with Crippen molar-refractivity contribution in [2.24, 2.45) is 0 Å². The first kappa shape index (κ1) is 25.8. The largest absolute Gasteiger partial charge is 0.494 e. The van der Waals surface area contributed by atoms with Crippen molar-refractivity contribution >= 4 is 21.5 Å². The fourth-order valence-electron chi connectivity index (χ4n) is 4.59. The maximum absolute atomic E-state index is 10.1. The Bertz CT molecular complexity index is 1070. The van der Waals surface area contributed by atoms with Crippen LogP contribution in [0, 0.1) is 0 Å². The number of hydrogen-bond acceptors (Lipinski definition) is 7. The van der Waals surface area contributed by atoms with E-state index in [-0.39, 0.29) is 0 Å². The summed E-state index contributed by atoms with van der Waals surface area (Å²) >= 11 is 0. The van der Waals surface area contributed by atoms with Crippen LogP contribution in [0.5, 0.6) is 5.75 Å². The van der Waals surface area contributed by atoms with Crippen molar-refractivity contribution in [3.05, 3.63) is 54.6 Å². The number of aliphatic hydroxyl groups excluding tert-OH is 4. The number of benzene rings is 3. The zero-order valence-corrected chi connectivity index (χ0v) is 20.0. The first-order valence-corrected chi connectivity index (χ1v) is 12.5. The molecule has 0 spiro atoms. The molecule has 0 saturated carbocycles.